The first-order valence-corrected chi connectivity index (χ1v) is 32.0. The minimum atomic E-state index is -2.48. The highest BCUT2D eigenvalue weighted by Gasteiger charge is 2.57. The van der Waals surface area contributed by atoms with Crippen LogP contribution in [-0.2, 0) is 46.9 Å². The molecule has 68 heavy (non-hydrogen) atoms. The van der Waals surface area contributed by atoms with Gasteiger partial charge in [0, 0.05) is 52.0 Å². The first kappa shape index (κ1) is 58.5. The number of ether oxygens (including phenoxy) is 5. The van der Waals surface area contributed by atoms with E-state index in [1.54, 1.807) is 34.3 Å². The molecule has 1 saturated carbocycles. The quantitative estimate of drug-likeness (QED) is 0.0781. The van der Waals surface area contributed by atoms with E-state index in [1.165, 1.54) is 4.90 Å². The van der Waals surface area contributed by atoms with Crippen molar-refractivity contribution in [2.45, 2.75) is 224 Å². The van der Waals surface area contributed by atoms with E-state index in [0.717, 1.165) is 30.4 Å². The molecule has 13 nitrogen and oxygen atoms in total. The third kappa shape index (κ3) is 14.8. The number of amides is 1. The number of Topliss-reactive ketones (excluding diaryl/α,β-unsaturated/α-hetero) is 1. The van der Waals surface area contributed by atoms with Gasteiger partial charge in [0.1, 0.15) is 18.2 Å². The van der Waals surface area contributed by atoms with Gasteiger partial charge in [-0.3, -0.25) is 9.59 Å². The second-order valence-electron chi connectivity index (χ2n) is 23.5. The highest BCUT2D eigenvalue weighted by atomic mass is 28.4. The monoisotopic (exact) mass is 992 g/mol. The van der Waals surface area contributed by atoms with E-state index in [4.69, 9.17) is 32.5 Å². The number of carbonyl (C=O) groups excluding carboxylic acids is 3. The summed E-state index contributed by atoms with van der Waals surface area (Å²) in [5.74, 6) is -6.57. The number of esters is 1. The molecular formula is C53H93NO12Si2. The van der Waals surface area contributed by atoms with Crippen molar-refractivity contribution in [3.05, 3.63) is 36.0 Å². The zero-order valence-corrected chi connectivity index (χ0v) is 46.9. The van der Waals surface area contributed by atoms with Crippen LogP contribution in [0.1, 0.15) is 126 Å². The number of ketones is 1. The second kappa shape index (κ2) is 24.6. The Kier molecular flexibility index (Phi) is 21.1. The Morgan fingerprint density at radius 2 is 1.57 bits per heavy atom. The Bertz CT molecular complexity index is 1760. The summed E-state index contributed by atoms with van der Waals surface area (Å²) in [7, 11) is 0.618. The molecule has 15 heteroatoms. The maximum Gasteiger partial charge on any atom is 0.329 e. The first-order chi connectivity index (χ1) is 31.6. The SMILES string of the molecule is C=CC[C@@H]1C=C(C)C[C@H](C)C[C@H](OC)C2O[C@@](O)(C(=O)C(=O)N3CCCC[C@H]3C(=O)O[C@H]([C@@H](C)[C@H](O[Si](C)(C)C)/C(C)=C/[C@@H]3CC[C@@H](O[Si](C)(C)C(C)(C)C)[C@H](OC)C3)CC1O)[C@H](C)C[C@@H]2OC. The topological polar surface area (TPSA) is 160 Å². The van der Waals surface area contributed by atoms with Gasteiger partial charge in [0.2, 0.25) is 5.79 Å². The summed E-state index contributed by atoms with van der Waals surface area (Å²) < 4.78 is 44.9. The number of hydrogen-bond donors (Lipinski definition) is 2. The average Bonchev–Trinajstić information content (AvgIpc) is 3.26. The summed E-state index contributed by atoms with van der Waals surface area (Å²) in [6, 6.07) is -1.10. The summed E-state index contributed by atoms with van der Waals surface area (Å²) in [4.78, 5) is 45.0. The van der Waals surface area contributed by atoms with E-state index in [1.807, 2.05) is 13.8 Å². The third-order valence-electron chi connectivity index (χ3n) is 15.8. The van der Waals surface area contributed by atoms with E-state index in [0.29, 0.717) is 32.1 Å². The van der Waals surface area contributed by atoms with Crippen LogP contribution in [0, 0.1) is 29.6 Å². The van der Waals surface area contributed by atoms with Gasteiger partial charge in [-0.25, -0.2) is 4.79 Å². The lowest BCUT2D eigenvalue weighted by molar-refractivity contribution is -0.302. The molecular weight excluding hydrogens is 899 g/mol. The fraction of sp³-hybridized carbons (Fsp3) is 0.830. The zero-order chi connectivity index (χ0) is 51.1. The second-order valence-corrected chi connectivity index (χ2v) is 32.7. The zero-order valence-electron chi connectivity index (χ0n) is 44.9. The molecule has 2 saturated heterocycles. The van der Waals surface area contributed by atoms with Gasteiger partial charge >= 0.3 is 5.97 Å². The van der Waals surface area contributed by atoms with Crippen molar-refractivity contribution in [1.82, 2.24) is 4.90 Å². The van der Waals surface area contributed by atoms with Crippen molar-refractivity contribution in [3.8, 4) is 0 Å². The van der Waals surface area contributed by atoms with Gasteiger partial charge in [0.05, 0.1) is 36.6 Å². The number of aliphatic hydroxyl groups is 2. The molecule has 0 aromatic heterocycles. The number of cyclic esters (lactones) is 1. The molecule has 2 N–H and O–H groups in total. The maximum atomic E-state index is 14.8. The molecule has 2 bridgehead atoms. The highest BCUT2D eigenvalue weighted by Crippen LogP contribution is 2.42. The molecule has 4 aliphatic rings. The minimum absolute atomic E-state index is 0.0195. The molecule has 3 aliphatic heterocycles. The summed E-state index contributed by atoms with van der Waals surface area (Å²) in [6.07, 6.45) is 8.05. The van der Waals surface area contributed by atoms with Crippen molar-refractivity contribution in [1.29, 1.82) is 0 Å². The van der Waals surface area contributed by atoms with Crippen LogP contribution in [0.3, 0.4) is 0 Å². The smallest absolute Gasteiger partial charge is 0.329 e. The van der Waals surface area contributed by atoms with Gasteiger partial charge in [-0.05, 0) is 133 Å². The molecule has 0 spiro atoms. The van der Waals surface area contributed by atoms with Crippen LogP contribution < -0.4 is 0 Å². The van der Waals surface area contributed by atoms with Gasteiger partial charge in [-0.2, -0.15) is 0 Å². The third-order valence-corrected chi connectivity index (χ3v) is 21.2. The van der Waals surface area contributed by atoms with Crippen LogP contribution in [-0.4, -0.2) is 138 Å². The van der Waals surface area contributed by atoms with Crippen LogP contribution in [0.2, 0.25) is 37.8 Å². The number of hydrogen-bond acceptors (Lipinski definition) is 12. The molecule has 2 unspecified atom stereocenters. The summed E-state index contributed by atoms with van der Waals surface area (Å²) in [5, 5.41) is 24.6. The Balaban J connectivity index is 1.78. The van der Waals surface area contributed by atoms with Gasteiger partial charge in [0.15, 0.2) is 16.6 Å². The molecule has 0 radical (unpaired) electrons. The normalized spacial score (nSPS) is 35.8. The predicted octanol–water partition coefficient (Wildman–Crippen LogP) is 9.32. The Labute approximate surface area is 412 Å². The number of piperidine rings is 1. The Morgan fingerprint density at radius 3 is 2.16 bits per heavy atom. The van der Waals surface area contributed by atoms with Gasteiger partial charge in [-0.15, -0.1) is 6.58 Å². The molecule has 3 fully saturated rings. The first-order valence-electron chi connectivity index (χ1n) is 25.7. The minimum Gasteiger partial charge on any atom is -0.460 e. The lowest BCUT2D eigenvalue weighted by Gasteiger charge is -2.47. The number of aliphatic hydroxyl groups excluding tert-OH is 1. The van der Waals surface area contributed by atoms with Gasteiger partial charge < -0.3 is 47.6 Å². The Morgan fingerprint density at radius 1 is 0.941 bits per heavy atom. The molecule has 1 aliphatic carbocycles. The van der Waals surface area contributed by atoms with Crippen molar-refractivity contribution >= 4 is 34.3 Å². The summed E-state index contributed by atoms with van der Waals surface area (Å²) in [6.45, 7) is 31.9. The number of rotatable bonds is 13. The van der Waals surface area contributed by atoms with Crippen molar-refractivity contribution < 1.29 is 57.1 Å². The maximum absolute atomic E-state index is 14.8. The van der Waals surface area contributed by atoms with E-state index in [-0.39, 0.29) is 60.8 Å². The summed E-state index contributed by atoms with van der Waals surface area (Å²) in [5.41, 5.74) is 2.09. The molecule has 4 rings (SSSR count). The number of methoxy groups -OCH3 is 3. The van der Waals surface area contributed by atoms with Crippen LogP contribution in [0.4, 0.5) is 0 Å². The molecule has 0 aromatic carbocycles. The fourth-order valence-electron chi connectivity index (χ4n) is 10.8. The van der Waals surface area contributed by atoms with Crippen LogP contribution in [0.25, 0.3) is 0 Å². The van der Waals surface area contributed by atoms with E-state index in [9.17, 15) is 24.6 Å². The Hall–Kier alpha value is -2.06. The molecule has 3 heterocycles. The number of nitrogens with zero attached hydrogens (tertiary/aromatic N) is 1. The highest BCUT2D eigenvalue weighted by molar-refractivity contribution is 6.74. The average molecular weight is 992 g/mol. The summed E-state index contributed by atoms with van der Waals surface area (Å²) >= 11 is 0. The number of allylic oxidation sites excluding steroid dienone is 3. The number of carbonyl (C=O) groups is 3. The standard InChI is InChI=1S/C53H93NO12Si2/c1-18-21-39-27-33(2)26-34(3)28-45(61-11)48-46(62-12)30-36(5)53(59,64-48)49(56)50(57)54-25-20-19-22-40(54)51(58)63-43(32-41(39)55)37(6)47(66-67(13,14)15)35(4)29-38-23-24-42(44(31-38)60-10)65-68(16,17)52(7,8)9/h18,27,29,34,36-48,55,59H,1,19-26,28,30-32H2,2-17H3/b33-27?,35-29+/t34-,36+,37+,38-,39+,40-,41?,42+,43-,44+,45-,46-,47+,48?,53+/m0/s1. The van der Waals surface area contributed by atoms with Crippen molar-refractivity contribution in [3.63, 3.8) is 0 Å². The molecule has 15 atom stereocenters. The molecule has 0 aromatic rings. The van der Waals surface area contributed by atoms with E-state index in [2.05, 4.69) is 86.1 Å². The number of fused-ring (bicyclic) bond motifs is 3. The van der Waals surface area contributed by atoms with Crippen molar-refractivity contribution in [2.75, 3.05) is 27.9 Å². The predicted molar refractivity (Wildman–Crippen MR) is 272 cm³/mol. The van der Waals surface area contributed by atoms with Gasteiger partial charge in [0.25, 0.3) is 11.7 Å². The van der Waals surface area contributed by atoms with Crippen LogP contribution in [0.15, 0.2) is 36.0 Å². The van der Waals surface area contributed by atoms with E-state index < -0.39 is 94.6 Å². The van der Waals surface area contributed by atoms with Gasteiger partial charge in [-0.1, -0.05) is 65.3 Å². The lowest BCUT2D eigenvalue weighted by Crippen LogP contribution is -2.64. The van der Waals surface area contributed by atoms with E-state index >= 15 is 0 Å². The fourth-order valence-corrected chi connectivity index (χ4v) is 13.4. The largest absolute Gasteiger partial charge is 0.460 e. The lowest BCUT2D eigenvalue weighted by atomic mass is 9.81. The van der Waals surface area contributed by atoms with Crippen LogP contribution in [0.5, 0.6) is 0 Å². The van der Waals surface area contributed by atoms with Crippen molar-refractivity contribution in [2.24, 2.45) is 29.6 Å². The van der Waals surface area contributed by atoms with Crippen LogP contribution >= 0.6 is 0 Å². The molecule has 390 valence electrons. The molecule has 1 amide bonds.